The molecule has 1 aliphatic carbocycles. The molecule has 0 bridgehead atoms. The fraction of sp³-hybridized carbons (Fsp3) is 0.261. The molecule has 0 fully saturated rings. The van der Waals surface area contributed by atoms with Crippen LogP contribution in [0.1, 0.15) is 47.4 Å². The first kappa shape index (κ1) is 17.7. The standard InChI is InChI=1S/C23H22N4O2/c28-21(25-20-10-9-15-5-1-2-6-17(15)20)11-12-22-26-27-23(29-22)13-16-14-24-19-8-4-3-7-18(16)19/h1-8,14,20,24H,9-13H2,(H,25,28)/t20-/m1/s1. The SMILES string of the molecule is O=C(CCc1nnc(Cc2c[nH]c3ccccc23)o1)N[C@@H]1CCc2ccccc21. The van der Waals surface area contributed by atoms with E-state index in [0.717, 1.165) is 29.3 Å². The van der Waals surface area contributed by atoms with Gasteiger partial charge < -0.3 is 14.7 Å². The molecule has 0 radical (unpaired) electrons. The summed E-state index contributed by atoms with van der Waals surface area (Å²) in [4.78, 5) is 15.6. The van der Waals surface area contributed by atoms with Gasteiger partial charge in [0.1, 0.15) is 0 Å². The Bertz CT molecular complexity index is 1160. The lowest BCUT2D eigenvalue weighted by atomic mass is 10.1. The predicted octanol–water partition coefficient (Wildman–Crippen LogP) is 3.88. The fourth-order valence-corrected chi connectivity index (χ4v) is 4.10. The second-order valence-corrected chi connectivity index (χ2v) is 7.48. The van der Waals surface area contributed by atoms with Crippen molar-refractivity contribution in [1.82, 2.24) is 20.5 Å². The van der Waals surface area contributed by atoms with Crippen molar-refractivity contribution in [3.05, 3.63) is 83.2 Å². The van der Waals surface area contributed by atoms with Crippen LogP contribution in [0.4, 0.5) is 0 Å². The molecule has 4 aromatic rings. The highest BCUT2D eigenvalue weighted by Gasteiger charge is 2.23. The molecule has 6 nitrogen and oxygen atoms in total. The van der Waals surface area contributed by atoms with Crippen molar-refractivity contribution in [3.8, 4) is 0 Å². The third kappa shape index (κ3) is 3.66. The van der Waals surface area contributed by atoms with Crippen LogP contribution in [0.3, 0.4) is 0 Å². The maximum Gasteiger partial charge on any atom is 0.221 e. The number of hydrogen-bond acceptors (Lipinski definition) is 4. The summed E-state index contributed by atoms with van der Waals surface area (Å²) in [6.45, 7) is 0. The summed E-state index contributed by atoms with van der Waals surface area (Å²) in [7, 11) is 0. The Kier molecular flexibility index (Phi) is 4.60. The molecular formula is C23H22N4O2. The molecule has 29 heavy (non-hydrogen) atoms. The summed E-state index contributed by atoms with van der Waals surface area (Å²) in [6, 6.07) is 16.5. The lowest BCUT2D eigenvalue weighted by Crippen LogP contribution is -2.27. The minimum atomic E-state index is 0.0167. The van der Waals surface area contributed by atoms with E-state index in [2.05, 4.69) is 38.7 Å². The number of nitrogens with one attached hydrogen (secondary N) is 2. The second kappa shape index (κ2) is 7.54. The van der Waals surface area contributed by atoms with Crippen molar-refractivity contribution in [3.63, 3.8) is 0 Å². The summed E-state index contributed by atoms with van der Waals surface area (Å²) in [6.07, 6.45) is 5.31. The third-order valence-electron chi connectivity index (χ3n) is 5.56. The van der Waals surface area contributed by atoms with Crippen LogP contribution >= 0.6 is 0 Å². The van der Waals surface area contributed by atoms with Gasteiger partial charge in [-0.1, -0.05) is 42.5 Å². The van der Waals surface area contributed by atoms with Gasteiger partial charge in [-0.15, -0.1) is 10.2 Å². The number of aromatic nitrogens is 3. The molecular weight excluding hydrogens is 364 g/mol. The van der Waals surface area contributed by atoms with E-state index >= 15 is 0 Å². The Morgan fingerprint density at radius 2 is 1.93 bits per heavy atom. The minimum absolute atomic E-state index is 0.0167. The highest BCUT2D eigenvalue weighted by molar-refractivity contribution is 5.83. The molecule has 2 heterocycles. The molecule has 146 valence electrons. The van der Waals surface area contributed by atoms with Gasteiger partial charge in [0.25, 0.3) is 0 Å². The van der Waals surface area contributed by atoms with Gasteiger partial charge >= 0.3 is 0 Å². The van der Waals surface area contributed by atoms with Gasteiger partial charge in [0, 0.05) is 29.9 Å². The van der Waals surface area contributed by atoms with Crippen molar-refractivity contribution in [2.75, 3.05) is 0 Å². The first-order valence-corrected chi connectivity index (χ1v) is 10.00. The zero-order chi connectivity index (χ0) is 19.6. The molecule has 0 aliphatic heterocycles. The van der Waals surface area contributed by atoms with E-state index in [0.29, 0.717) is 31.0 Å². The number of nitrogens with zero attached hydrogens (tertiary/aromatic N) is 2. The molecule has 0 saturated heterocycles. The highest BCUT2D eigenvalue weighted by Crippen LogP contribution is 2.30. The number of amides is 1. The van der Waals surface area contributed by atoms with Crippen molar-refractivity contribution in [2.45, 2.75) is 38.1 Å². The van der Waals surface area contributed by atoms with Gasteiger partial charge in [-0.05, 0) is 35.6 Å². The Morgan fingerprint density at radius 1 is 1.10 bits per heavy atom. The van der Waals surface area contributed by atoms with Crippen LogP contribution in [-0.2, 0) is 24.1 Å². The van der Waals surface area contributed by atoms with E-state index in [1.54, 1.807) is 0 Å². The Hall–Kier alpha value is -3.41. The molecule has 0 saturated carbocycles. The third-order valence-corrected chi connectivity index (χ3v) is 5.56. The Labute approximate surface area is 168 Å². The zero-order valence-electron chi connectivity index (χ0n) is 16.0. The molecule has 2 aromatic heterocycles. The summed E-state index contributed by atoms with van der Waals surface area (Å²) in [5.41, 5.74) is 4.78. The summed E-state index contributed by atoms with van der Waals surface area (Å²) in [5.74, 6) is 1.08. The number of carbonyl (C=O) groups is 1. The molecule has 5 rings (SSSR count). The van der Waals surface area contributed by atoms with E-state index in [4.69, 9.17) is 4.42 Å². The van der Waals surface area contributed by atoms with E-state index in [-0.39, 0.29) is 11.9 Å². The van der Waals surface area contributed by atoms with Gasteiger partial charge in [-0.3, -0.25) is 4.79 Å². The van der Waals surface area contributed by atoms with Crippen LogP contribution in [0, 0.1) is 0 Å². The topological polar surface area (TPSA) is 83.8 Å². The Morgan fingerprint density at radius 3 is 2.90 bits per heavy atom. The second-order valence-electron chi connectivity index (χ2n) is 7.48. The highest BCUT2D eigenvalue weighted by atomic mass is 16.4. The molecule has 2 N–H and O–H groups in total. The smallest absolute Gasteiger partial charge is 0.221 e. The molecule has 6 heteroatoms. The van der Waals surface area contributed by atoms with Crippen molar-refractivity contribution in [2.24, 2.45) is 0 Å². The van der Waals surface area contributed by atoms with Crippen molar-refractivity contribution < 1.29 is 9.21 Å². The first-order chi connectivity index (χ1) is 14.3. The van der Waals surface area contributed by atoms with Crippen LogP contribution in [0.5, 0.6) is 0 Å². The van der Waals surface area contributed by atoms with Crippen LogP contribution in [-0.4, -0.2) is 21.1 Å². The van der Waals surface area contributed by atoms with Crippen LogP contribution in [0.2, 0.25) is 0 Å². The number of para-hydroxylation sites is 1. The molecule has 0 unspecified atom stereocenters. The van der Waals surface area contributed by atoms with Crippen LogP contribution < -0.4 is 5.32 Å². The summed E-state index contributed by atoms with van der Waals surface area (Å²) >= 11 is 0. The zero-order valence-corrected chi connectivity index (χ0v) is 16.0. The number of hydrogen-bond donors (Lipinski definition) is 2. The number of aromatic amines is 1. The van der Waals surface area contributed by atoms with Gasteiger partial charge in [0.15, 0.2) is 0 Å². The molecule has 0 spiro atoms. The number of H-pyrrole nitrogens is 1. The van der Waals surface area contributed by atoms with E-state index < -0.39 is 0 Å². The van der Waals surface area contributed by atoms with E-state index in [1.165, 1.54) is 11.1 Å². The van der Waals surface area contributed by atoms with Crippen molar-refractivity contribution in [1.29, 1.82) is 0 Å². The largest absolute Gasteiger partial charge is 0.425 e. The van der Waals surface area contributed by atoms with Gasteiger partial charge in [0.05, 0.1) is 12.5 Å². The summed E-state index contributed by atoms with van der Waals surface area (Å²) in [5, 5.41) is 12.5. The van der Waals surface area contributed by atoms with Gasteiger partial charge in [-0.25, -0.2) is 0 Å². The van der Waals surface area contributed by atoms with Crippen LogP contribution in [0.15, 0.2) is 59.1 Å². The van der Waals surface area contributed by atoms with Gasteiger partial charge in [0.2, 0.25) is 17.7 Å². The first-order valence-electron chi connectivity index (χ1n) is 10.00. The number of aryl methyl sites for hydroxylation is 2. The van der Waals surface area contributed by atoms with Crippen molar-refractivity contribution >= 4 is 16.8 Å². The normalized spacial score (nSPS) is 15.5. The maximum atomic E-state index is 12.4. The average molecular weight is 386 g/mol. The fourth-order valence-electron chi connectivity index (χ4n) is 4.10. The number of benzene rings is 2. The predicted molar refractivity (Wildman–Crippen MR) is 109 cm³/mol. The summed E-state index contributed by atoms with van der Waals surface area (Å²) < 4.78 is 5.77. The molecule has 1 aliphatic rings. The van der Waals surface area contributed by atoms with Gasteiger partial charge in [-0.2, -0.15) is 0 Å². The lowest BCUT2D eigenvalue weighted by molar-refractivity contribution is -0.121. The molecule has 1 amide bonds. The molecule has 1 atom stereocenters. The number of fused-ring (bicyclic) bond motifs is 2. The van der Waals surface area contributed by atoms with Crippen LogP contribution in [0.25, 0.3) is 10.9 Å². The number of carbonyl (C=O) groups excluding carboxylic acids is 1. The van der Waals surface area contributed by atoms with E-state index in [9.17, 15) is 4.79 Å². The average Bonchev–Trinajstić information content (AvgIpc) is 3.47. The number of rotatable bonds is 6. The maximum absolute atomic E-state index is 12.4. The lowest BCUT2D eigenvalue weighted by Gasteiger charge is -2.13. The Balaban J connectivity index is 1.17. The monoisotopic (exact) mass is 386 g/mol. The molecule has 2 aromatic carbocycles. The minimum Gasteiger partial charge on any atom is -0.425 e. The quantitative estimate of drug-likeness (QED) is 0.527. The van der Waals surface area contributed by atoms with E-state index in [1.807, 2.05) is 36.5 Å².